The number of likely N-dealkylation sites (N-methyl/N-ethyl adjacent to an activating group) is 1. The molecule has 0 saturated heterocycles. The molecule has 0 heterocycles. The second-order valence-corrected chi connectivity index (χ2v) is 5.49. The fourth-order valence-corrected chi connectivity index (χ4v) is 2.29. The molecule has 2 aromatic rings. The van der Waals surface area contributed by atoms with Crippen molar-refractivity contribution in [1.29, 1.82) is 0 Å². The summed E-state index contributed by atoms with van der Waals surface area (Å²) in [7, 11) is 1.51. The van der Waals surface area contributed by atoms with Crippen LogP contribution in [0.25, 0.3) is 0 Å². The van der Waals surface area contributed by atoms with Gasteiger partial charge in [0.25, 0.3) is 0 Å². The van der Waals surface area contributed by atoms with E-state index < -0.39 is 11.6 Å². The summed E-state index contributed by atoms with van der Waals surface area (Å²) in [6, 6.07) is 10.7. The summed E-state index contributed by atoms with van der Waals surface area (Å²) < 4.78 is 27.0. The number of nitrogens with one attached hydrogen (secondary N) is 1. The molecule has 0 unspecified atom stereocenters. The zero-order valence-electron chi connectivity index (χ0n) is 13.8. The first-order chi connectivity index (χ1) is 11.9. The van der Waals surface area contributed by atoms with Crippen LogP contribution in [-0.4, -0.2) is 23.8 Å². The van der Waals surface area contributed by atoms with E-state index in [2.05, 4.69) is 11.9 Å². The van der Waals surface area contributed by atoms with Crippen LogP contribution in [0.5, 0.6) is 0 Å². The maximum absolute atomic E-state index is 13.7. The number of anilines is 1. The molecule has 0 radical (unpaired) electrons. The summed E-state index contributed by atoms with van der Waals surface area (Å²) in [5.74, 6) is -2.57. The van der Waals surface area contributed by atoms with Crippen LogP contribution in [0.3, 0.4) is 0 Å². The topological polar surface area (TPSA) is 49.4 Å². The average molecular weight is 344 g/mol. The number of nitrogens with zero attached hydrogens (tertiary/aromatic N) is 1. The zero-order valence-corrected chi connectivity index (χ0v) is 13.8. The number of halogens is 2. The van der Waals surface area contributed by atoms with E-state index in [1.807, 2.05) is 0 Å². The number of amides is 2. The second kappa shape index (κ2) is 8.19. The molecule has 25 heavy (non-hydrogen) atoms. The third-order valence-corrected chi connectivity index (χ3v) is 3.67. The third-order valence-electron chi connectivity index (χ3n) is 3.67. The molecule has 6 heteroatoms. The van der Waals surface area contributed by atoms with Gasteiger partial charge in [-0.05, 0) is 23.8 Å². The van der Waals surface area contributed by atoms with Crippen molar-refractivity contribution in [3.05, 3.63) is 77.9 Å². The molecule has 2 aromatic carbocycles. The van der Waals surface area contributed by atoms with Crippen LogP contribution in [-0.2, 0) is 22.6 Å². The average Bonchev–Trinajstić information content (AvgIpc) is 2.60. The lowest BCUT2D eigenvalue weighted by molar-refractivity contribution is -0.129. The molecule has 0 fully saturated rings. The lowest BCUT2D eigenvalue weighted by atomic mass is 10.1. The minimum absolute atomic E-state index is 0.0149. The van der Waals surface area contributed by atoms with Crippen molar-refractivity contribution in [2.75, 3.05) is 12.4 Å². The summed E-state index contributed by atoms with van der Waals surface area (Å²) in [6.45, 7) is 3.33. The molecule has 0 aliphatic rings. The van der Waals surface area contributed by atoms with Gasteiger partial charge in [-0.2, -0.15) is 0 Å². The van der Waals surface area contributed by atoms with E-state index in [-0.39, 0.29) is 30.3 Å². The highest BCUT2D eigenvalue weighted by Gasteiger charge is 2.16. The summed E-state index contributed by atoms with van der Waals surface area (Å²) in [5, 5.41) is 2.63. The first-order valence-electron chi connectivity index (χ1n) is 7.60. The molecule has 0 aliphatic heterocycles. The lowest BCUT2D eigenvalue weighted by Crippen LogP contribution is -2.28. The maximum atomic E-state index is 13.7. The van der Waals surface area contributed by atoms with Gasteiger partial charge in [-0.1, -0.05) is 36.9 Å². The monoisotopic (exact) mass is 344 g/mol. The molecule has 0 bridgehead atoms. The van der Waals surface area contributed by atoms with E-state index in [0.29, 0.717) is 11.3 Å². The van der Waals surface area contributed by atoms with Crippen molar-refractivity contribution in [2.24, 2.45) is 0 Å². The van der Waals surface area contributed by atoms with Crippen molar-refractivity contribution in [2.45, 2.75) is 13.0 Å². The fourth-order valence-electron chi connectivity index (χ4n) is 2.29. The summed E-state index contributed by atoms with van der Waals surface area (Å²) in [5.41, 5.74) is 1.23. The normalized spacial score (nSPS) is 10.2. The molecule has 1 N–H and O–H groups in total. The molecule has 130 valence electrons. The van der Waals surface area contributed by atoms with Gasteiger partial charge in [0.1, 0.15) is 0 Å². The molecule has 0 aliphatic carbocycles. The van der Waals surface area contributed by atoms with E-state index in [1.165, 1.54) is 24.1 Å². The molecular formula is C19H18F2N2O2. The van der Waals surface area contributed by atoms with Crippen LogP contribution >= 0.6 is 0 Å². The lowest BCUT2D eigenvalue weighted by Gasteiger charge is -2.19. The van der Waals surface area contributed by atoms with Crippen LogP contribution < -0.4 is 5.32 Å². The summed E-state index contributed by atoms with van der Waals surface area (Å²) in [4.78, 5) is 25.2. The van der Waals surface area contributed by atoms with Gasteiger partial charge in [-0.25, -0.2) is 8.78 Å². The Morgan fingerprint density at radius 1 is 1.12 bits per heavy atom. The quantitative estimate of drug-likeness (QED) is 0.818. The van der Waals surface area contributed by atoms with Gasteiger partial charge in [-0.15, -0.1) is 0 Å². The first-order valence-corrected chi connectivity index (χ1v) is 7.60. The zero-order chi connectivity index (χ0) is 18.4. The Balaban J connectivity index is 2.10. The van der Waals surface area contributed by atoms with Crippen molar-refractivity contribution in [3.8, 4) is 0 Å². The third kappa shape index (κ3) is 4.73. The summed E-state index contributed by atoms with van der Waals surface area (Å²) in [6.07, 6.45) is 1.15. The standard InChI is InChI=1S/C19H18F2N2O2/c1-3-17(24)22-16-10-5-4-7-13(16)11-18(25)23(2)12-14-8-6-9-15(20)19(14)21/h3-10H,1,11-12H2,2H3,(H,22,24). The van der Waals surface area contributed by atoms with E-state index >= 15 is 0 Å². The predicted molar refractivity (Wildman–Crippen MR) is 91.8 cm³/mol. The smallest absolute Gasteiger partial charge is 0.247 e. The molecular weight excluding hydrogens is 326 g/mol. The minimum Gasteiger partial charge on any atom is -0.341 e. The Morgan fingerprint density at radius 2 is 1.80 bits per heavy atom. The number of hydrogen-bond donors (Lipinski definition) is 1. The van der Waals surface area contributed by atoms with Gasteiger partial charge in [0.2, 0.25) is 11.8 Å². The van der Waals surface area contributed by atoms with E-state index in [0.717, 1.165) is 12.1 Å². The molecule has 2 amide bonds. The Kier molecular flexibility index (Phi) is 6.00. The van der Waals surface area contributed by atoms with E-state index in [9.17, 15) is 18.4 Å². The molecule has 0 aromatic heterocycles. The molecule has 4 nitrogen and oxygen atoms in total. The fraction of sp³-hybridized carbons (Fsp3) is 0.158. The number of hydrogen-bond acceptors (Lipinski definition) is 2. The van der Waals surface area contributed by atoms with Gasteiger partial charge < -0.3 is 10.2 Å². The Labute approximate surface area is 144 Å². The van der Waals surface area contributed by atoms with Crippen LogP contribution in [0.1, 0.15) is 11.1 Å². The Morgan fingerprint density at radius 3 is 2.52 bits per heavy atom. The number of para-hydroxylation sites is 1. The van der Waals surface area contributed by atoms with E-state index in [4.69, 9.17) is 0 Å². The second-order valence-electron chi connectivity index (χ2n) is 5.49. The number of carbonyl (C=O) groups is 2. The van der Waals surface area contributed by atoms with Gasteiger partial charge in [0.15, 0.2) is 11.6 Å². The van der Waals surface area contributed by atoms with Crippen molar-refractivity contribution >= 4 is 17.5 Å². The highest BCUT2D eigenvalue weighted by Crippen LogP contribution is 2.18. The highest BCUT2D eigenvalue weighted by atomic mass is 19.2. The van der Waals surface area contributed by atoms with E-state index in [1.54, 1.807) is 24.3 Å². The molecule has 0 atom stereocenters. The Hall–Kier alpha value is -3.02. The van der Waals surface area contributed by atoms with Crippen LogP contribution in [0.4, 0.5) is 14.5 Å². The largest absolute Gasteiger partial charge is 0.341 e. The van der Waals surface area contributed by atoms with Crippen molar-refractivity contribution in [3.63, 3.8) is 0 Å². The van der Waals surface area contributed by atoms with Gasteiger partial charge >= 0.3 is 0 Å². The number of benzene rings is 2. The van der Waals surface area contributed by atoms with Crippen LogP contribution in [0, 0.1) is 11.6 Å². The highest BCUT2D eigenvalue weighted by molar-refractivity contribution is 5.99. The van der Waals surface area contributed by atoms with Crippen LogP contribution in [0.2, 0.25) is 0 Å². The van der Waals surface area contributed by atoms with Crippen LogP contribution in [0.15, 0.2) is 55.1 Å². The predicted octanol–water partition coefficient (Wildman–Crippen LogP) is 3.29. The molecule has 2 rings (SSSR count). The molecule has 0 spiro atoms. The number of rotatable bonds is 6. The maximum Gasteiger partial charge on any atom is 0.247 e. The first kappa shape index (κ1) is 18.3. The SMILES string of the molecule is C=CC(=O)Nc1ccccc1CC(=O)N(C)Cc1cccc(F)c1F. The van der Waals surface area contributed by atoms with Gasteiger partial charge in [-0.3, -0.25) is 9.59 Å². The molecule has 0 saturated carbocycles. The Bertz CT molecular complexity index is 806. The van der Waals surface area contributed by atoms with Gasteiger partial charge in [0, 0.05) is 24.8 Å². The summed E-state index contributed by atoms with van der Waals surface area (Å²) >= 11 is 0. The van der Waals surface area contributed by atoms with Gasteiger partial charge in [0.05, 0.1) is 6.42 Å². The minimum atomic E-state index is -0.958. The number of carbonyl (C=O) groups excluding carboxylic acids is 2. The van der Waals surface area contributed by atoms with Crippen molar-refractivity contribution < 1.29 is 18.4 Å². The van der Waals surface area contributed by atoms with Crippen molar-refractivity contribution in [1.82, 2.24) is 4.90 Å².